The Labute approximate surface area is 115 Å². The van der Waals surface area contributed by atoms with Gasteiger partial charge in [0.2, 0.25) is 0 Å². The number of hydrogen-bond acceptors (Lipinski definition) is 1. The van der Waals surface area contributed by atoms with Crippen LogP contribution in [0.15, 0.2) is 48.5 Å². The van der Waals surface area contributed by atoms with Gasteiger partial charge < -0.3 is 5.32 Å². The van der Waals surface area contributed by atoms with Gasteiger partial charge >= 0.3 is 0 Å². The van der Waals surface area contributed by atoms with Crippen molar-refractivity contribution in [3.8, 4) is 11.1 Å². The molecule has 98 valence electrons. The van der Waals surface area contributed by atoms with E-state index < -0.39 is 0 Å². The van der Waals surface area contributed by atoms with E-state index in [1.54, 1.807) is 0 Å². The molecule has 0 aliphatic carbocycles. The summed E-state index contributed by atoms with van der Waals surface area (Å²) in [5.41, 5.74) is 5.55. The molecular formula is C18H21N. The van der Waals surface area contributed by atoms with Gasteiger partial charge in [0, 0.05) is 6.54 Å². The van der Waals surface area contributed by atoms with E-state index in [0.717, 1.165) is 6.54 Å². The fraction of sp³-hybridized carbons (Fsp3) is 0.333. The minimum Gasteiger partial charge on any atom is -0.316 e. The highest BCUT2D eigenvalue weighted by atomic mass is 14.9. The van der Waals surface area contributed by atoms with Crippen LogP contribution in [0.3, 0.4) is 0 Å². The summed E-state index contributed by atoms with van der Waals surface area (Å²) in [5.74, 6) is 0.678. The standard InChI is InChI=1S/C18H21N/c1-14-9-10-16(17-8-5-11-19-13-17)12-18(14)15-6-3-2-4-7-15/h2-4,6-7,9-10,12,17,19H,5,8,11,13H2,1H3. The van der Waals surface area contributed by atoms with E-state index in [0.29, 0.717) is 5.92 Å². The third-order valence-electron chi connectivity index (χ3n) is 4.11. The summed E-state index contributed by atoms with van der Waals surface area (Å²) in [5, 5.41) is 3.51. The molecule has 2 aromatic carbocycles. The van der Waals surface area contributed by atoms with Gasteiger partial charge in [-0.3, -0.25) is 0 Å². The first-order chi connectivity index (χ1) is 9.34. The number of rotatable bonds is 2. The SMILES string of the molecule is Cc1ccc(C2CCCNC2)cc1-c1ccccc1. The van der Waals surface area contributed by atoms with E-state index in [9.17, 15) is 0 Å². The maximum atomic E-state index is 3.51. The Morgan fingerprint density at radius 3 is 2.63 bits per heavy atom. The molecular weight excluding hydrogens is 230 g/mol. The number of nitrogens with one attached hydrogen (secondary N) is 1. The van der Waals surface area contributed by atoms with Gasteiger partial charge in [0.25, 0.3) is 0 Å². The summed E-state index contributed by atoms with van der Waals surface area (Å²) >= 11 is 0. The quantitative estimate of drug-likeness (QED) is 0.846. The molecule has 1 atom stereocenters. The smallest absolute Gasteiger partial charge is 0.00201 e. The molecule has 19 heavy (non-hydrogen) atoms. The van der Waals surface area contributed by atoms with Crippen LogP contribution in [0.25, 0.3) is 11.1 Å². The molecule has 1 heterocycles. The van der Waals surface area contributed by atoms with Crippen LogP contribution in [0.5, 0.6) is 0 Å². The maximum Gasteiger partial charge on any atom is 0.00201 e. The van der Waals surface area contributed by atoms with Gasteiger partial charge in [-0.1, -0.05) is 48.5 Å². The second-order valence-electron chi connectivity index (χ2n) is 5.48. The van der Waals surface area contributed by atoms with Crippen molar-refractivity contribution in [2.45, 2.75) is 25.7 Å². The number of benzene rings is 2. The van der Waals surface area contributed by atoms with E-state index in [1.165, 1.54) is 41.6 Å². The van der Waals surface area contributed by atoms with Gasteiger partial charge in [-0.2, -0.15) is 0 Å². The van der Waals surface area contributed by atoms with Crippen LogP contribution in [0.2, 0.25) is 0 Å². The molecule has 3 rings (SSSR count). The van der Waals surface area contributed by atoms with Gasteiger partial charge in [0.05, 0.1) is 0 Å². The minimum atomic E-state index is 0.678. The summed E-state index contributed by atoms with van der Waals surface area (Å²) in [6.45, 7) is 4.50. The Kier molecular flexibility index (Phi) is 3.65. The van der Waals surface area contributed by atoms with Crippen LogP contribution in [-0.2, 0) is 0 Å². The summed E-state index contributed by atoms with van der Waals surface area (Å²) in [6.07, 6.45) is 2.60. The lowest BCUT2D eigenvalue weighted by Crippen LogP contribution is -2.28. The Balaban J connectivity index is 1.96. The van der Waals surface area contributed by atoms with Crippen molar-refractivity contribution in [3.63, 3.8) is 0 Å². The van der Waals surface area contributed by atoms with E-state index in [4.69, 9.17) is 0 Å². The van der Waals surface area contributed by atoms with Crippen molar-refractivity contribution in [1.82, 2.24) is 5.32 Å². The first kappa shape index (κ1) is 12.4. The molecule has 0 radical (unpaired) electrons. The number of hydrogen-bond donors (Lipinski definition) is 1. The molecule has 0 bridgehead atoms. The summed E-state index contributed by atoms with van der Waals surface area (Å²) in [7, 11) is 0. The van der Waals surface area contributed by atoms with E-state index in [2.05, 4.69) is 60.8 Å². The molecule has 1 heteroatoms. The lowest BCUT2D eigenvalue weighted by molar-refractivity contribution is 0.461. The Bertz CT molecular complexity index is 539. The number of aryl methyl sites for hydroxylation is 1. The third-order valence-corrected chi connectivity index (χ3v) is 4.11. The number of piperidine rings is 1. The molecule has 1 saturated heterocycles. The van der Waals surface area contributed by atoms with Crippen molar-refractivity contribution >= 4 is 0 Å². The molecule has 0 saturated carbocycles. The minimum absolute atomic E-state index is 0.678. The van der Waals surface area contributed by atoms with Crippen LogP contribution >= 0.6 is 0 Å². The maximum absolute atomic E-state index is 3.51. The zero-order valence-corrected chi connectivity index (χ0v) is 11.5. The fourth-order valence-electron chi connectivity index (χ4n) is 2.96. The van der Waals surface area contributed by atoms with Crippen LogP contribution in [0.1, 0.15) is 29.9 Å². The first-order valence-electron chi connectivity index (χ1n) is 7.21. The third kappa shape index (κ3) is 2.71. The highest BCUT2D eigenvalue weighted by Crippen LogP contribution is 2.30. The van der Waals surface area contributed by atoms with E-state index in [1.807, 2.05) is 0 Å². The van der Waals surface area contributed by atoms with Gasteiger partial charge in [-0.05, 0) is 54.5 Å². The predicted octanol–water partition coefficient (Wildman–Crippen LogP) is 4.13. The zero-order valence-electron chi connectivity index (χ0n) is 11.5. The molecule has 0 spiro atoms. The van der Waals surface area contributed by atoms with Gasteiger partial charge in [0.1, 0.15) is 0 Å². The average Bonchev–Trinajstić information content (AvgIpc) is 2.49. The Morgan fingerprint density at radius 1 is 1.05 bits per heavy atom. The summed E-state index contributed by atoms with van der Waals surface area (Å²) in [4.78, 5) is 0. The molecule has 1 nitrogen and oxygen atoms in total. The highest BCUT2D eigenvalue weighted by molar-refractivity contribution is 5.68. The highest BCUT2D eigenvalue weighted by Gasteiger charge is 2.16. The molecule has 2 aromatic rings. The normalized spacial score (nSPS) is 19.3. The monoisotopic (exact) mass is 251 g/mol. The topological polar surface area (TPSA) is 12.0 Å². The van der Waals surface area contributed by atoms with Crippen molar-refractivity contribution in [3.05, 3.63) is 59.7 Å². The molecule has 1 aliphatic heterocycles. The molecule has 1 fully saturated rings. The van der Waals surface area contributed by atoms with Crippen LogP contribution < -0.4 is 5.32 Å². The van der Waals surface area contributed by atoms with Crippen molar-refractivity contribution in [2.24, 2.45) is 0 Å². The van der Waals surface area contributed by atoms with Gasteiger partial charge in [-0.15, -0.1) is 0 Å². The largest absolute Gasteiger partial charge is 0.316 e. The molecule has 1 N–H and O–H groups in total. The summed E-state index contributed by atoms with van der Waals surface area (Å²) in [6, 6.07) is 17.7. The lowest BCUT2D eigenvalue weighted by Gasteiger charge is -2.24. The first-order valence-corrected chi connectivity index (χ1v) is 7.21. The van der Waals surface area contributed by atoms with Crippen LogP contribution in [-0.4, -0.2) is 13.1 Å². The summed E-state index contributed by atoms with van der Waals surface area (Å²) < 4.78 is 0. The van der Waals surface area contributed by atoms with Crippen molar-refractivity contribution in [2.75, 3.05) is 13.1 Å². The van der Waals surface area contributed by atoms with E-state index in [-0.39, 0.29) is 0 Å². The van der Waals surface area contributed by atoms with Gasteiger partial charge in [0.15, 0.2) is 0 Å². The van der Waals surface area contributed by atoms with Crippen LogP contribution in [0, 0.1) is 6.92 Å². The predicted molar refractivity (Wildman–Crippen MR) is 81.5 cm³/mol. The molecule has 0 amide bonds. The zero-order chi connectivity index (χ0) is 13.1. The Hall–Kier alpha value is -1.60. The van der Waals surface area contributed by atoms with Crippen molar-refractivity contribution < 1.29 is 0 Å². The Morgan fingerprint density at radius 2 is 1.89 bits per heavy atom. The average molecular weight is 251 g/mol. The second kappa shape index (κ2) is 5.58. The van der Waals surface area contributed by atoms with Crippen LogP contribution in [0.4, 0.5) is 0 Å². The van der Waals surface area contributed by atoms with Gasteiger partial charge in [-0.25, -0.2) is 0 Å². The molecule has 1 aliphatic rings. The molecule has 0 aromatic heterocycles. The van der Waals surface area contributed by atoms with Crippen molar-refractivity contribution in [1.29, 1.82) is 0 Å². The van der Waals surface area contributed by atoms with E-state index >= 15 is 0 Å². The molecule has 1 unspecified atom stereocenters. The second-order valence-corrected chi connectivity index (χ2v) is 5.48. The lowest BCUT2D eigenvalue weighted by atomic mass is 9.88. The fourth-order valence-corrected chi connectivity index (χ4v) is 2.96.